The van der Waals surface area contributed by atoms with E-state index in [0.717, 1.165) is 12.8 Å². The lowest BCUT2D eigenvalue weighted by molar-refractivity contribution is -0.271. The average molecular weight is 680 g/mol. The van der Waals surface area contributed by atoms with E-state index in [9.17, 15) is 14.7 Å². The van der Waals surface area contributed by atoms with Crippen LogP contribution in [0.3, 0.4) is 0 Å². The molecule has 10 heteroatoms. The van der Waals surface area contributed by atoms with Crippen molar-refractivity contribution in [1.82, 2.24) is 15.1 Å². The fourth-order valence-corrected chi connectivity index (χ4v) is 9.87. The highest BCUT2D eigenvalue weighted by Crippen LogP contribution is 2.51. The summed E-state index contributed by atoms with van der Waals surface area (Å²) in [6, 6.07) is 0.0180. The number of fused-ring (bicyclic) bond motifs is 2. The number of carbonyl (C=O) groups is 2. The van der Waals surface area contributed by atoms with Crippen LogP contribution in [-0.2, 0) is 28.5 Å². The summed E-state index contributed by atoms with van der Waals surface area (Å²) in [5.41, 5.74) is -1.44. The molecule has 3 heterocycles. The van der Waals surface area contributed by atoms with Gasteiger partial charge in [-0.2, -0.15) is 0 Å². The molecular weight excluding hydrogens is 610 g/mol. The molecule has 2 amide bonds. The molecule has 0 aromatic carbocycles. The third-order valence-corrected chi connectivity index (χ3v) is 12.2. The lowest BCUT2D eigenvalue weighted by Gasteiger charge is -2.56. The maximum Gasteiger partial charge on any atom is 0.225 e. The van der Waals surface area contributed by atoms with Crippen molar-refractivity contribution >= 4 is 11.8 Å². The SMILES string of the molecule is CO[C@]1(C)C[C@H](O[C@H]2[C@H](C)[C@H]3C[C@@H]4O[C@H](C)C[C@H](N(C)C)[C@H]4C[C@@]3(O)C[C@@H](C)CN(C)C(=O)CC(CC(C)C)NC(=O)[C@@H]2C)O[C@@H](C)C1. The zero-order valence-corrected chi connectivity index (χ0v) is 32.2. The third kappa shape index (κ3) is 9.32. The molecule has 3 saturated heterocycles. The molecule has 4 aliphatic rings. The van der Waals surface area contributed by atoms with E-state index in [0.29, 0.717) is 50.6 Å². The van der Waals surface area contributed by atoms with Crippen molar-refractivity contribution in [2.75, 3.05) is 34.8 Å². The minimum atomic E-state index is -1.04. The first-order valence-electron chi connectivity index (χ1n) is 18.8. The second-order valence-electron chi connectivity index (χ2n) is 17.4. The minimum Gasteiger partial charge on any atom is -0.390 e. The molecule has 48 heavy (non-hydrogen) atoms. The van der Waals surface area contributed by atoms with E-state index in [2.05, 4.69) is 65.9 Å². The summed E-state index contributed by atoms with van der Waals surface area (Å²) in [4.78, 5) is 31.8. The molecule has 0 bridgehead atoms. The molecule has 1 unspecified atom stereocenters. The standard InChI is InChI=1S/C38H69N3O7/c1-22(2)13-28-15-33(42)41(11)21-23(3)17-38(44)19-29-31(40(9)10)14-24(4)46-32(29)16-30(38)26(6)35(27(7)36(43)39-28)48-34-20-37(8,45-12)18-25(5)47-34/h22-32,34-35,44H,13-21H2,1-12H3,(H,39,43)/t23-,24-,25+,26-,27-,28?,29-,30-,31+,32+,34+,35+,37+,38+/m1/s1. The van der Waals surface area contributed by atoms with Crippen molar-refractivity contribution in [1.29, 1.82) is 0 Å². The topological polar surface area (TPSA) is 110 Å². The Bertz CT molecular complexity index is 1090. The Balaban J connectivity index is 1.76. The summed E-state index contributed by atoms with van der Waals surface area (Å²) in [6.45, 7) is 17.3. The molecule has 4 fully saturated rings. The highest BCUT2D eigenvalue weighted by atomic mass is 16.7. The van der Waals surface area contributed by atoms with E-state index in [1.54, 1.807) is 12.0 Å². The Hall–Kier alpha value is -1.30. The van der Waals surface area contributed by atoms with Gasteiger partial charge in [0.25, 0.3) is 0 Å². The monoisotopic (exact) mass is 680 g/mol. The van der Waals surface area contributed by atoms with Crippen LogP contribution >= 0.6 is 0 Å². The van der Waals surface area contributed by atoms with Crippen LogP contribution in [0.5, 0.6) is 0 Å². The van der Waals surface area contributed by atoms with Crippen LogP contribution in [0.4, 0.5) is 0 Å². The van der Waals surface area contributed by atoms with Crippen LogP contribution in [0, 0.1) is 35.5 Å². The number of ether oxygens (including phenoxy) is 4. The molecule has 278 valence electrons. The number of rotatable bonds is 6. The van der Waals surface area contributed by atoms with Crippen molar-refractivity contribution in [3.63, 3.8) is 0 Å². The van der Waals surface area contributed by atoms with Crippen molar-refractivity contribution < 1.29 is 33.6 Å². The number of hydrogen-bond acceptors (Lipinski definition) is 8. The molecule has 0 aromatic heterocycles. The van der Waals surface area contributed by atoms with E-state index in [1.165, 1.54) is 0 Å². The van der Waals surface area contributed by atoms with Gasteiger partial charge in [0.15, 0.2) is 6.29 Å². The molecular formula is C38H69N3O7. The molecule has 10 nitrogen and oxygen atoms in total. The normalized spacial score (nSPS) is 45.4. The zero-order chi connectivity index (χ0) is 35.7. The molecule has 0 radical (unpaired) electrons. The highest BCUT2D eigenvalue weighted by molar-refractivity contribution is 5.81. The summed E-state index contributed by atoms with van der Waals surface area (Å²) in [5.74, 6) is -0.509. The molecule has 1 aliphatic carbocycles. The molecule has 0 aromatic rings. The Kier molecular flexibility index (Phi) is 13.1. The van der Waals surface area contributed by atoms with Crippen LogP contribution in [0.1, 0.15) is 107 Å². The fraction of sp³-hybridized carbons (Fsp3) is 0.947. The molecule has 4 rings (SSSR count). The summed E-state index contributed by atoms with van der Waals surface area (Å²) in [5, 5.41) is 16.3. The van der Waals surface area contributed by atoms with E-state index in [4.69, 9.17) is 18.9 Å². The van der Waals surface area contributed by atoms with Crippen molar-refractivity contribution in [3.8, 4) is 0 Å². The summed E-state index contributed by atoms with van der Waals surface area (Å²) < 4.78 is 25.9. The maximum absolute atomic E-state index is 14.2. The minimum absolute atomic E-state index is 0.00439. The molecule has 1 saturated carbocycles. The van der Waals surface area contributed by atoms with Gasteiger partial charge >= 0.3 is 0 Å². The van der Waals surface area contributed by atoms with Crippen molar-refractivity contribution in [3.05, 3.63) is 0 Å². The van der Waals surface area contributed by atoms with Crippen LogP contribution in [0.15, 0.2) is 0 Å². The van der Waals surface area contributed by atoms with Gasteiger partial charge < -0.3 is 39.2 Å². The van der Waals surface area contributed by atoms with Crippen molar-refractivity contribution in [2.24, 2.45) is 35.5 Å². The first kappa shape index (κ1) is 39.5. The Labute approximate surface area is 291 Å². The Morgan fingerprint density at radius 1 is 1.02 bits per heavy atom. The summed E-state index contributed by atoms with van der Waals surface area (Å²) in [6.07, 6.45) is 3.95. The number of aliphatic hydroxyl groups is 1. The molecule has 3 aliphatic heterocycles. The third-order valence-electron chi connectivity index (χ3n) is 12.2. The van der Waals surface area contributed by atoms with Gasteiger partial charge in [-0.05, 0) is 90.6 Å². The number of hydrogen-bond donors (Lipinski definition) is 2. The van der Waals surface area contributed by atoms with E-state index >= 15 is 0 Å². The number of nitrogens with one attached hydrogen (secondary N) is 1. The lowest BCUT2D eigenvalue weighted by Crippen LogP contribution is -2.61. The second kappa shape index (κ2) is 15.9. The lowest BCUT2D eigenvalue weighted by atomic mass is 9.59. The van der Waals surface area contributed by atoms with Gasteiger partial charge in [0, 0.05) is 58.0 Å². The predicted molar refractivity (Wildman–Crippen MR) is 187 cm³/mol. The number of nitrogens with zero attached hydrogens (tertiary/aromatic N) is 2. The van der Waals surface area contributed by atoms with Crippen LogP contribution in [0.2, 0.25) is 0 Å². The Morgan fingerprint density at radius 3 is 2.33 bits per heavy atom. The van der Waals surface area contributed by atoms with E-state index in [1.807, 2.05) is 20.9 Å². The first-order chi connectivity index (χ1) is 22.3. The number of amides is 2. The van der Waals surface area contributed by atoms with Gasteiger partial charge in [-0.25, -0.2) is 0 Å². The second-order valence-corrected chi connectivity index (χ2v) is 17.4. The maximum atomic E-state index is 14.2. The predicted octanol–water partition coefficient (Wildman–Crippen LogP) is 4.86. The van der Waals surface area contributed by atoms with Gasteiger partial charge in [0.2, 0.25) is 11.8 Å². The quantitative estimate of drug-likeness (QED) is 0.410. The van der Waals surface area contributed by atoms with Crippen LogP contribution in [0.25, 0.3) is 0 Å². The largest absolute Gasteiger partial charge is 0.390 e. The van der Waals surface area contributed by atoms with Gasteiger partial charge in [0.05, 0.1) is 41.5 Å². The zero-order valence-electron chi connectivity index (χ0n) is 32.2. The van der Waals surface area contributed by atoms with Gasteiger partial charge in [-0.3, -0.25) is 9.59 Å². The number of carbonyl (C=O) groups excluding carboxylic acids is 2. The fourth-order valence-electron chi connectivity index (χ4n) is 9.87. The van der Waals surface area contributed by atoms with Crippen LogP contribution in [-0.4, -0.2) is 116 Å². The van der Waals surface area contributed by atoms with Gasteiger partial charge in [-0.1, -0.05) is 34.6 Å². The Morgan fingerprint density at radius 2 is 1.71 bits per heavy atom. The first-order valence-corrected chi connectivity index (χ1v) is 18.8. The summed E-state index contributed by atoms with van der Waals surface area (Å²) in [7, 11) is 7.84. The van der Waals surface area contributed by atoms with E-state index in [-0.39, 0.29) is 66.3 Å². The number of methoxy groups -OCH3 is 1. The summed E-state index contributed by atoms with van der Waals surface area (Å²) >= 11 is 0. The van der Waals surface area contributed by atoms with E-state index < -0.39 is 29.5 Å². The molecule has 0 spiro atoms. The molecule has 2 N–H and O–H groups in total. The van der Waals surface area contributed by atoms with Crippen molar-refractivity contribution in [2.45, 2.75) is 161 Å². The highest BCUT2D eigenvalue weighted by Gasteiger charge is 2.55. The smallest absolute Gasteiger partial charge is 0.225 e. The van der Waals surface area contributed by atoms with Crippen LogP contribution < -0.4 is 5.32 Å². The van der Waals surface area contributed by atoms with Gasteiger partial charge in [0.1, 0.15) is 0 Å². The van der Waals surface area contributed by atoms with Gasteiger partial charge in [-0.15, -0.1) is 0 Å². The average Bonchev–Trinajstić information content (AvgIpc) is 2.97. The molecule has 14 atom stereocenters.